The van der Waals surface area contributed by atoms with E-state index in [0.717, 1.165) is 18.1 Å². The second-order valence-corrected chi connectivity index (χ2v) is 5.46. The molecular weight excluding hydrogens is 268 g/mol. The summed E-state index contributed by atoms with van der Waals surface area (Å²) in [6.45, 7) is 3.93. The molecule has 0 saturated heterocycles. The number of nitrogens with one attached hydrogen (secondary N) is 1. The van der Waals surface area contributed by atoms with Gasteiger partial charge in [-0.2, -0.15) is 0 Å². The maximum Gasteiger partial charge on any atom is 0.0412 e. The van der Waals surface area contributed by atoms with Crippen molar-refractivity contribution in [1.29, 1.82) is 0 Å². The van der Waals surface area contributed by atoms with Crippen LogP contribution in [0, 0.1) is 0 Å². The van der Waals surface area contributed by atoms with E-state index in [1.54, 1.807) is 0 Å². The number of halogens is 1. The lowest BCUT2D eigenvalue weighted by Gasteiger charge is -2.15. The molecule has 1 N–H and O–H groups in total. The Labute approximate surface area is 126 Å². The molecule has 0 radical (unpaired) electrons. The van der Waals surface area contributed by atoms with Crippen molar-refractivity contribution in [3.05, 3.63) is 53.1 Å². The maximum absolute atomic E-state index is 6.15. The fourth-order valence-corrected chi connectivity index (χ4v) is 2.34. The molecule has 2 aromatic rings. The molecule has 0 heterocycles. The van der Waals surface area contributed by atoms with Gasteiger partial charge in [0.2, 0.25) is 0 Å². The highest BCUT2D eigenvalue weighted by Gasteiger charge is 2.06. The third-order valence-electron chi connectivity index (χ3n) is 3.33. The number of rotatable bonds is 5. The number of anilines is 1. The lowest BCUT2D eigenvalue weighted by molar-refractivity contribution is 0.728. The van der Waals surface area contributed by atoms with E-state index < -0.39 is 0 Å². The summed E-state index contributed by atoms with van der Waals surface area (Å²) in [5.74, 6) is 0. The molecule has 0 spiro atoms. The summed E-state index contributed by atoms with van der Waals surface area (Å²) in [5, 5.41) is 4.15. The summed E-state index contributed by atoms with van der Waals surface area (Å²) in [6.07, 6.45) is 0. The maximum atomic E-state index is 6.15. The SMILES string of the molecule is CCNCc1ccc(Cl)cc1-c1ccc(N(C)C)cc1. The van der Waals surface area contributed by atoms with E-state index >= 15 is 0 Å². The van der Waals surface area contributed by atoms with E-state index in [9.17, 15) is 0 Å². The third kappa shape index (κ3) is 3.53. The Morgan fingerprint density at radius 3 is 2.35 bits per heavy atom. The van der Waals surface area contributed by atoms with E-state index in [2.05, 4.69) is 47.5 Å². The molecule has 2 nitrogen and oxygen atoms in total. The first-order valence-corrected chi connectivity index (χ1v) is 7.26. The van der Waals surface area contributed by atoms with Crippen LogP contribution >= 0.6 is 11.6 Å². The zero-order chi connectivity index (χ0) is 14.5. The predicted octanol–water partition coefficient (Wildman–Crippen LogP) is 4.18. The van der Waals surface area contributed by atoms with Gasteiger partial charge in [-0.25, -0.2) is 0 Å². The van der Waals surface area contributed by atoms with Gasteiger partial charge in [-0.1, -0.05) is 36.7 Å². The van der Waals surface area contributed by atoms with Crippen LogP contribution in [0.3, 0.4) is 0 Å². The van der Waals surface area contributed by atoms with Gasteiger partial charge in [0.15, 0.2) is 0 Å². The second kappa shape index (κ2) is 6.78. The van der Waals surface area contributed by atoms with E-state index in [1.807, 2.05) is 26.2 Å². The van der Waals surface area contributed by atoms with Crippen LogP contribution in [0.5, 0.6) is 0 Å². The minimum absolute atomic E-state index is 0.775. The highest BCUT2D eigenvalue weighted by molar-refractivity contribution is 6.30. The second-order valence-electron chi connectivity index (χ2n) is 5.02. The monoisotopic (exact) mass is 288 g/mol. The van der Waals surface area contributed by atoms with Crippen molar-refractivity contribution in [3.63, 3.8) is 0 Å². The standard InChI is InChI=1S/C17H21ClN2/c1-4-19-12-14-5-8-15(18)11-17(14)13-6-9-16(10-7-13)20(2)3/h5-11,19H,4,12H2,1-3H3. The Morgan fingerprint density at radius 2 is 1.75 bits per heavy atom. The van der Waals surface area contributed by atoms with Crippen molar-refractivity contribution < 1.29 is 0 Å². The summed E-state index contributed by atoms with van der Waals surface area (Å²) in [7, 11) is 4.09. The van der Waals surface area contributed by atoms with Crippen molar-refractivity contribution in [2.24, 2.45) is 0 Å². The van der Waals surface area contributed by atoms with Gasteiger partial charge in [0.1, 0.15) is 0 Å². The molecule has 2 aromatic carbocycles. The Balaban J connectivity index is 2.37. The minimum Gasteiger partial charge on any atom is -0.378 e. The Kier molecular flexibility index (Phi) is 5.05. The molecule has 0 fully saturated rings. The molecule has 0 unspecified atom stereocenters. The number of hydrogen-bond acceptors (Lipinski definition) is 2. The number of nitrogens with zero attached hydrogens (tertiary/aromatic N) is 1. The predicted molar refractivity (Wildman–Crippen MR) is 88.6 cm³/mol. The normalized spacial score (nSPS) is 10.6. The van der Waals surface area contributed by atoms with E-state index in [-0.39, 0.29) is 0 Å². The summed E-state index contributed by atoms with van der Waals surface area (Å²) in [4.78, 5) is 2.10. The molecule has 0 aliphatic carbocycles. The lowest BCUT2D eigenvalue weighted by atomic mass is 9.99. The smallest absolute Gasteiger partial charge is 0.0412 e. The van der Waals surface area contributed by atoms with Crippen molar-refractivity contribution in [1.82, 2.24) is 5.32 Å². The first-order chi connectivity index (χ1) is 9.61. The fourth-order valence-electron chi connectivity index (χ4n) is 2.17. The van der Waals surface area contributed by atoms with E-state index in [4.69, 9.17) is 11.6 Å². The van der Waals surface area contributed by atoms with Crippen LogP contribution in [0.4, 0.5) is 5.69 Å². The van der Waals surface area contributed by atoms with Gasteiger partial charge < -0.3 is 10.2 Å². The molecule has 106 valence electrons. The first kappa shape index (κ1) is 14.9. The van der Waals surface area contributed by atoms with Crippen LogP contribution in [0.1, 0.15) is 12.5 Å². The summed E-state index contributed by atoms with van der Waals surface area (Å²) in [5.41, 5.74) is 4.87. The highest BCUT2D eigenvalue weighted by Crippen LogP contribution is 2.28. The van der Waals surface area contributed by atoms with Gasteiger partial charge in [0, 0.05) is 31.4 Å². The molecule has 0 aliphatic heterocycles. The fraction of sp³-hybridized carbons (Fsp3) is 0.294. The van der Waals surface area contributed by atoms with Gasteiger partial charge in [-0.05, 0) is 47.5 Å². The molecule has 0 aromatic heterocycles. The number of hydrogen-bond donors (Lipinski definition) is 1. The third-order valence-corrected chi connectivity index (χ3v) is 3.57. The molecule has 0 saturated carbocycles. The van der Waals surface area contributed by atoms with Crippen LogP contribution in [0.2, 0.25) is 5.02 Å². The van der Waals surface area contributed by atoms with Gasteiger partial charge in [0.25, 0.3) is 0 Å². The summed E-state index contributed by atoms with van der Waals surface area (Å²) in [6, 6.07) is 14.7. The van der Waals surface area contributed by atoms with E-state index in [0.29, 0.717) is 0 Å². The van der Waals surface area contributed by atoms with Crippen molar-refractivity contribution >= 4 is 17.3 Å². The lowest BCUT2D eigenvalue weighted by Crippen LogP contribution is -2.12. The highest BCUT2D eigenvalue weighted by atomic mass is 35.5. The van der Waals surface area contributed by atoms with Crippen molar-refractivity contribution in [2.75, 3.05) is 25.5 Å². The van der Waals surface area contributed by atoms with Crippen LogP contribution in [0.15, 0.2) is 42.5 Å². The Bertz CT molecular complexity index is 562. The molecule has 0 amide bonds. The Hall–Kier alpha value is -1.51. The van der Waals surface area contributed by atoms with Crippen molar-refractivity contribution in [2.45, 2.75) is 13.5 Å². The van der Waals surface area contributed by atoms with Gasteiger partial charge in [-0.15, -0.1) is 0 Å². The van der Waals surface area contributed by atoms with Gasteiger partial charge in [0.05, 0.1) is 0 Å². The summed E-state index contributed by atoms with van der Waals surface area (Å²) >= 11 is 6.15. The topological polar surface area (TPSA) is 15.3 Å². The number of benzene rings is 2. The molecule has 2 rings (SSSR count). The quantitative estimate of drug-likeness (QED) is 0.888. The van der Waals surface area contributed by atoms with Crippen LogP contribution < -0.4 is 10.2 Å². The molecular formula is C17H21ClN2. The van der Waals surface area contributed by atoms with Gasteiger partial charge >= 0.3 is 0 Å². The van der Waals surface area contributed by atoms with Gasteiger partial charge in [-0.3, -0.25) is 0 Å². The zero-order valence-electron chi connectivity index (χ0n) is 12.3. The average molecular weight is 289 g/mol. The van der Waals surface area contributed by atoms with E-state index in [1.165, 1.54) is 22.4 Å². The molecule has 0 bridgehead atoms. The summed E-state index contributed by atoms with van der Waals surface area (Å²) < 4.78 is 0. The van der Waals surface area contributed by atoms with Crippen LogP contribution in [-0.2, 0) is 6.54 Å². The molecule has 3 heteroatoms. The minimum atomic E-state index is 0.775. The zero-order valence-corrected chi connectivity index (χ0v) is 13.0. The van der Waals surface area contributed by atoms with Crippen LogP contribution in [0.25, 0.3) is 11.1 Å². The Morgan fingerprint density at radius 1 is 1.05 bits per heavy atom. The molecule has 0 atom stereocenters. The average Bonchev–Trinajstić information content (AvgIpc) is 2.46. The van der Waals surface area contributed by atoms with Crippen molar-refractivity contribution in [3.8, 4) is 11.1 Å². The first-order valence-electron chi connectivity index (χ1n) is 6.88. The molecule has 0 aliphatic rings. The molecule has 20 heavy (non-hydrogen) atoms. The van der Waals surface area contributed by atoms with Crippen LogP contribution in [-0.4, -0.2) is 20.6 Å². The largest absolute Gasteiger partial charge is 0.378 e.